The minimum absolute atomic E-state index is 0.143. The zero-order valence-corrected chi connectivity index (χ0v) is 15.6. The van der Waals surface area contributed by atoms with Gasteiger partial charge in [-0.2, -0.15) is 0 Å². The standard InChI is InChI=1S/C19H28N2O2S/c1-3-23-15-16-8-9-19(20(16)2)10-12-21(13-11-19)18(22)7-6-17-5-4-14-24-17/h4-7,14,16H,3,8-13,15H2,1-2H3/b7-6+/t16-/m1/s1. The van der Waals surface area contributed by atoms with E-state index in [1.54, 1.807) is 17.4 Å². The highest BCUT2D eigenvalue weighted by molar-refractivity contribution is 7.10. The normalized spacial score (nSPS) is 24.2. The van der Waals surface area contributed by atoms with Gasteiger partial charge >= 0.3 is 0 Å². The van der Waals surface area contributed by atoms with Crippen molar-refractivity contribution in [3.8, 4) is 0 Å². The first kappa shape index (κ1) is 17.6. The predicted molar refractivity (Wildman–Crippen MR) is 99.2 cm³/mol. The van der Waals surface area contributed by atoms with Gasteiger partial charge in [-0.1, -0.05) is 6.07 Å². The molecule has 3 rings (SSSR count). The van der Waals surface area contributed by atoms with Crippen LogP contribution in [0.4, 0.5) is 0 Å². The van der Waals surface area contributed by atoms with E-state index in [0.29, 0.717) is 6.04 Å². The molecule has 2 aliphatic heterocycles. The van der Waals surface area contributed by atoms with Crippen LogP contribution in [-0.2, 0) is 9.53 Å². The average Bonchev–Trinajstić information content (AvgIpc) is 3.22. The first-order chi connectivity index (χ1) is 11.6. The van der Waals surface area contributed by atoms with E-state index in [-0.39, 0.29) is 11.4 Å². The summed E-state index contributed by atoms with van der Waals surface area (Å²) < 4.78 is 5.63. The number of thiophene rings is 1. The van der Waals surface area contributed by atoms with E-state index in [1.807, 2.05) is 28.5 Å². The highest BCUT2D eigenvalue weighted by Gasteiger charge is 2.45. The van der Waals surface area contributed by atoms with Crippen LogP contribution in [0.1, 0.15) is 37.5 Å². The second-order valence-corrected chi connectivity index (χ2v) is 7.84. The lowest BCUT2D eigenvalue weighted by molar-refractivity contribution is -0.128. The fourth-order valence-corrected chi connectivity index (χ4v) is 4.65. The molecule has 24 heavy (non-hydrogen) atoms. The van der Waals surface area contributed by atoms with Crippen LogP contribution in [0.2, 0.25) is 0 Å². The van der Waals surface area contributed by atoms with E-state index in [1.165, 1.54) is 12.8 Å². The van der Waals surface area contributed by atoms with E-state index in [2.05, 4.69) is 18.9 Å². The first-order valence-electron chi connectivity index (χ1n) is 8.96. The number of carbonyl (C=O) groups excluding carboxylic acids is 1. The molecule has 0 saturated carbocycles. The zero-order valence-electron chi connectivity index (χ0n) is 14.7. The van der Waals surface area contributed by atoms with Gasteiger partial charge in [0.1, 0.15) is 0 Å². The van der Waals surface area contributed by atoms with Crippen molar-refractivity contribution < 1.29 is 9.53 Å². The number of likely N-dealkylation sites (tertiary alicyclic amines) is 2. The molecule has 5 heteroatoms. The van der Waals surface area contributed by atoms with Crippen molar-refractivity contribution in [1.82, 2.24) is 9.80 Å². The van der Waals surface area contributed by atoms with Gasteiger partial charge in [0, 0.05) is 42.2 Å². The van der Waals surface area contributed by atoms with Crippen LogP contribution in [0, 0.1) is 0 Å². The second kappa shape index (κ2) is 7.81. The topological polar surface area (TPSA) is 32.8 Å². The van der Waals surface area contributed by atoms with Gasteiger partial charge in [0.2, 0.25) is 5.91 Å². The minimum Gasteiger partial charge on any atom is -0.380 e. The van der Waals surface area contributed by atoms with Gasteiger partial charge in [0.25, 0.3) is 0 Å². The first-order valence-corrected chi connectivity index (χ1v) is 9.84. The van der Waals surface area contributed by atoms with Crippen LogP contribution in [0.5, 0.6) is 0 Å². The van der Waals surface area contributed by atoms with Gasteiger partial charge in [-0.25, -0.2) is 0 Å². The third-order valence-corrected chi connectivity index (χ3v) is 6.53. The van der Waals surface area contributed by atoms with Crippen molar-refractivity contribution >= 4 is 23.3 Å². The maximum Gasteiger partial charge on any atom is 0.246 e. The van der Waals surface area contributed by atoms with Crippen molar-refractivity contribution in [2.75, 3.05) is 33.4 Å². The van der Waals surface area contributed by atoms with Crippen LogP contribution in [0.15, 0.2) is 23.6 Å². The number of rotatable bonds is 5. The van der Waals surface area contributed by atoms with Crippen molar-refractivity contribution in [2.45, 2.75) is 44.2 Å². The Morgan fingerprint density at radius 2 is 2.21 bits per heavy atom. The van der Waals surface area contributed by atoms with Crippen molar-refractivity contribution in [3.63, 3.8) is 0 Å². The van der Waals surface area contributed by atoms with E-state index < -0.39 is 0 Å². The van der Waals surface area contributed by atoms with E-state index in [0.717, 1.165) is 44.0 Å². The summed E-state index contributed by atoms with van der Waals surface area (Å²) in [5, 5.41) is 2.03. The summed E-state index contributed by atoms with van der Waals surface area (Å²) in [6.45, 7) is 5.40. The molecule has 0 radical (unpaired) electrons. The van der Waals surface area contributed by atoms with Gasteiger partial charge in [-0.05, 0) is 57.2 Å². The summed E-state index contributed by atoms with van der Waals surface area (Å²) >= 11 is 1.66. The molecular weight excluding hydrogens is 320 g/mol. The van der Waals surface area contributed by atoms with Crippen LogP contribution in [-0.4, -0.2) is 60.6 Å². The maximum atomic E-state index is 12.4. The van der Waals surface area contributed by atoms with E-state index in [4.69, 9.17) is 4.74 Å². The summed E-state index contributed by atoms with van der Waals surface area (Å²) in [6.07, 6.45) is 8.24. The lowest BCUT2D eigenvalue weighted by Crippen LogP contribution is -2.53. The number of ether oxygens (including phenoxy) is 1. The largest absolute Gasteiger partial charge is 0.380 e. The summed E-state index contributed by atoms with van der Waals surface area (Å²) in [5.41, 5.74) is 0.274. The Balaban J connectivity index is 1.53. The number of amides is 1. The molecule has 0 bridgehead atoms. The van der Waals surface area contributed by atoms with Crippen molar-refractivity contribution in [1.29, 1.82) is 0 Å². The van der Waals surface area contributed by atoms with Gasteiger partial charge in [-0.3, -0.25) is 9.69 Å². The fourth-order valence-electron chi connectivity index (χ4n) is 4.03. The van der Waals surface area contributed by atoms with Crippen LogP contribution in [0.3, 0.4) is 0 Å². The van der Waals surface area contributed by atoms with Gasteiger partial charge in [0.05, 0.1) is 6.61 Å². The lowest BCUT2D eigenvalue weighted by atomic mass is 9.85. The summed E-state index contributed by atoms with van der Waals surface area (Å²) in [7, 11) is 2.24. The molecular formula is C19H28N2O2S. The third kappa shape index (κ3) is 3.73. The molecule has 2 aliphatic rings. The molecule has 0 unspecified atom stereocenters. The second-order valence-electron chi connectivity index (χ2n) is 6.86. The Morgan fingerprint density at radius 1 is 1.42 bits per heavy atom. The Labute approximate surface area is 149 Å². The number of piperidine rings is 1. The molecule has 132 valence electrons. The molecule has 2 saturated heterocycles. The minimum atomic E-state index is 0.143. The van der Waals surface area contributed by atoms with Crippen LogP contribution in [0.25, 0.3) is 6.08 Å². The number of hydrogen-bond acceptors (Lipinski definition) is 4. The highest BCUT2D eigenvalue weighted by Crippen LogP contribution is 2.40. The average molecular weight is 349 g/mol. The molecule has 1 spiro atoms. The molecule has 3 heterocycles. The van der Waals surface area contributed by atoms with Gasteiger partial charge in [-0.15, -0.1) is 11.3 Å². The Morgan fingerprint density at radius 3 is 2.88 bits per heavy atom. The summed E-state index contributed by atoms with van der Waals surface area (Å²) in [5.74, 6) is 0.143. The summed E-state index contributed by atoms with van der Waals surface area (Å²) in [4.78, 5) is 18.1. The highest BCUT2D eigenvalue weighted by atomic mass is 32.1. The number of hydrogen-bond donors (Lipinski definition) is 0. The predicted octanol–water partition coefficient (Wildman–Crippen LogP) is 3.25. The van der Waals surface area contributed by atoms with Crippen LogP contribution >= 0.6 is 11.3 Å². The molecule has 0 N–H and O–H groups in total. The Bertz CT molecular complexity index is 562. The summed E-state index contributed by atoms with van der Waals surface area (Å²) in [6, 6.07) is 4.57. The molecule has 1 aromatic rings. The zero-order chi connectivity index (χ0) is 17.0. The van der Waals surface area contributed by atoms with Gasteiger partial charge < -0.3 is 9.64 Å². The SMILES string of the molecule is CCOC[C@H]1CCC2(CCN(C(=O)/C=C/c3cccs3)CC2)N1C. The van der Waals surface area contributed by atoms with Gasteiger partial charge in [0.15, 0.2) is 0 Å². The monoisotopic (exact) mass is 348 g/mol. The van der Waals surface area contributed by atoms with Crippen molar-refractivity contribution in [2.24, 2.45) is 0 Å². The Hall–Kier alpha value is -1.17. The molecule has 1 atom stereocenters. The third-order valence-electron chi connectivity index (χ3n) is 5.69. The van der Waals surface area contributed by atoms with E-state index >= 15 is 0 Å². The molecule has 4 nitrogen and oxygen atoms in total. The Kier molecular flexibility index (Phi) is 5.74. The number of nitrogens with zero attached hydrogens (tertiary/aromatic N) is 2. The molecule has 0 aromatic carbocycles. The molecule has 0 aliphatic carbocycles. The van der Waals surface area contributed by atoms with E-state index in [9.17, 15) is 4.79 Å². The van der Waals surface area contributed by atoms with Crippen LogP contribution < -0.4 is 0 Å². The maximum absolute atomic E-state index is 12.4. The fraction of sp³-hybridized carbons (Fsp3) is 0.632. The number of carbonyl (C=O) groups is 1. The number of likely N-dealkylation sites (N-methyl/N-ethyl adjacent to an activating group) is 1. The molecule has 1 amide bonds. The smallest absolute Gasteiger partial charge is 0.246 e. The van der Waals surface area contributed by atoms with Crippen molar-refractivity contribution in [3.05, 3.63) is 28.5 Å². The quantitative estimate of drug-likeness (QED) is 0.766. The lowest BCUT2D eigenvalue weighted by Gasteiger charge is -2.44. The molecule has 1 aromatic heterocycles. The molecule has 2 fully saturated rings.